The fourth-order valence-electron chi connectivity index (χ4n) is 6.57. The summed E-state index contributed by atoms with van der Waals surface area (Å²) in [7, 11) is 1.96. The number of hydrogen-bond acceptors (Lipinski definition) is 5. The average Bonchev–Trinajstić information content (AvgIpc) is 3.21. The number of piperazine rings is 1. The van der Waals surface area contributed by atoms with Crippen molar-refractivity contribution in [3.05, 3.63) is 23.9 Å². The highest BCUT2D eigenvalue weighted by Gasteiger charge is 2.32. The zero-order chi connectivity index (χ0) is 24.4. The fraction of sp³-hybridized carbons (Fsp3) is 0.679. The Hall–Kier alpha value is -2.41. The Morgan fingerprint density at radius 3 is 2.57 bits per heavy atom. The van der Waals surface area contributed by atoms with Gasteiger partial charge in [-0.1, -0.05) is 57.1 Å². The molecule has 0 spiro atoms. The Kier molecular flexibility index (Phi) is 7.42. The number of imide groups is 1. The van der Waals surface area contributed by atoms with Gasteiger partial charge in [0, 0.05) is 51.1 Å². The number of para-hydroxylation sites is 1. The average molecular weight is 480 g/mol. The molecule has 0 radical (unpaired) electrons. The second-order valence-electron chi connectivity index (χ2n) is 11.0. The van der Waals surface area contributed by atoms with Crippen LogP contribution in [0.25, 0.3) is 10.9 Å². The maximum atomic E-state index is 12.5. The van der Waals surface area contributed by atoms with Crippen LogP contribution in [0.4, 0.5) is 5.69 Å². The molecule has 1 N–H and O–H groups in total. The number of fused-ring (bicyclic) bond motifs is 1. The largest absolute Gasteiger partial charge is 0.367 e. The van der Waals surface area contributed by atoms with Crippen LogP contribution in [-0.4, -0.2) is 58.7 Å². The van der Waals surface area contributed by atoms with Gasteiger partial charge in [-0.15, -0.1) is 0 Å². The molecule has 2 aromatic rings. The highest BCUT2D eigenvalue weighted by molar-refractivity contribution is 6.03. The quantitative estimate of drug-likeness (QED) is 0.598. The van der Waals surface area contributed by atoms with Crippen LogP contribution in [0.5, 0.6) is 0 Å². The fourth-order valence-corrected chi connectivity index (χ4v) is 6.57. The molecule has 1 aromatic heterocycles. The molecule has 2 amide bonds. The minimum atomic E-state index is -0.363. The summed E-state index contributed by atoms with van der Waals surface area (Å²) in [6.07, 6.45) is 12.2. The van der Waals surface area contributed by atoms with Gasteiger partial charge in [0.25, 0.3) is 0 Å². The van der Waals surface area contributed by atoms with Gasteiger partial charge < -0.3 is 4.90 Å². The number of nitrogens with zero attached hydrogens (tertiary/aromatic N) is 4. The Balaban J connectivity index is 1.22. The molecule has 0 bridgehead atoms. The van der Waals surface area contributed by atoms with Crippen molar-refractivity contribution in [3.63, 3.8) is 0 Å². The molecule has 35 heavy (non-hydrogen) atoms. The molecule has 2 atom stereocenters. The number of hydrogen-bond donors (Lipinski definition) is 1. The topological polar surface area (TPSA) is 70.5 Å². The summed E-state index contributed by atoms with van der Waals surface area (Å²) in [4.78, 5) is 29.3. The molecule has 2 aliphatic heterocycles. The van der Waals surface area contributed by atoms with E-state index in [1.165, 1.54) is 57.1 Å². The van der Waals surface area contributed by atoms with Crippen LogP contribution >= 0.6 is 0 Å². The summed E-state index contributed by atoms with van der Waals surface area (Å²) in [5.41, 5.74) is 3.07. The highest BCUT2D eigenvalue weighted by Crippen LogP contribution is 2.35. The molecule has 190 valence electrons. The van der Waals surface area contributed by atoms with E-state index < -0.39 is 0 Å². The summed E-state index contributed by atoms with van der Waals surface area (Å²) in [5, 5.41) is 8.28. The van der Waals surface area contributed by atoms with Gasteiger partial charge in [0.15, 0.2) is 0 Å². The van der Waals surface area contributed by atoms with Crippen molar-refractivity contribution in [1.82, 2.24) is 20.0 Å². The monoisotopic (exact) mass is 479 g/mol. The summed E-state index contributed by atoms with van der Waals surface area (Å²) in [6.45, 7) is 6.58. The molecule has 3 fully saturated rings. The number of benzene rings is 1. The van der Waals surface area contributed by atoms with Gasteiger partial charge in [-0.3, -0.25) is 24.5 Å². The van der Waals surface area contributed by atoms with E-state index in [0.29, 0.717) is 18.9 Å². The van der Waals surface area contributed by atoms with Crippen LogP contribution in [0.2, 0.25) is 0 Å². The van der Waals surface area contributed by atoms with Crippen LogP contribution in [0, 0.1) is 5.92 Å². The summed E-state index contributed by atoms with van der Waals surface area (Å²) in [6, 6.07) is 6.97. The SMILES string of the molecule is C[C@H](CCCC1CCCCC1)N1CCN(c2cccc3c(C4CCC(=O)NC4=O)nn(C)c23)CC1. The van der Waals surface area contributed by atoms with Crippen molar-refractivity contribution in [3.8, 4) is 0 Å². The van der Waals surface area contributed by atoms with Gasteiger partial charge in [0.2, 0.25) is 11.8 Å². The molecule has 1 aliphatic carbocycles. The molecule has 1 unspecified atom stereocenters. The number of carbonyl (C=O) groups is 2. The zero-order valence-corrected chi connectivity index (χ0v) is 21.5. The second-order valence-corrected chi connectivity index (χ2v) is 11.0. The molecular weight excluding hydrogens is 438 g/mol. The molecule has 2 saturated heterocycles. The number of aryl methyl sites for hydroxylation is 1. The third-order valence-corrected chi connectivity index (χ3v) is 8.68. The van der Waals surface area contributed by atoms with E-state index in [2.05, 4.69) is 40.2 Å². The number of anilines is 1. The van der Waals surface area contributed by atoms with E-state index in [9.17, 15) is 9.59 Å². The second kappa shape index (κ2) is 10.7. The normalized spacial score (nSPS) is 23.6. The standard InChI is InChI=1S/C28H41N5O2/c1-20(8-6-11-21-9-4-3-5-10-21)32-16-18-33(19-17-32)24-13-7-12-22-26(30-31(2)27(22)24)23-14-15-25(34)29-28(23)35/h7,12-13,20-21,23H,3-6,8-11,14-19H2,1-2H3,(H,29,34,35)/t20-,23?/m1/s1. The number of piperidine rings is 1. The number of aromatic nitrogens is 2. The lowest BCUT2D eigenvalue weighted by molar-refractivity contribution is -0.134. The Morgan fingerprint density at radius 2 is 1.83 bits per heavy atom. The highest BCUT2D eigenvalue weighted by atomic mass is 16.2. The van der Waals surface area contributed by atoms with E-state index in [-0.39, 0.29) is 17.7 Å². The third kappa shape index (κ3) is 5.25. The first-order valence-corrected chi connectivity index (χ1v) is 13.8. The molecular formula is C28H41N5O2. The number of amides is 2. The van der Waals surface area contributed by atoms with Crippen LogP contribution < -0.4 is 10.2 Å². The van der Waals surface area contributed by atoms with Gasteiger partial charge in [-0.25, -0.2) is 0 Å². The maximum Gasteiger partial charge on any atom is 0.235 e. The van der Waals surface area contributed by atoms with E-state index in [1.54, 1.807) is 0 Å². The van der Waals surface area contributed by atoms with Crippen LogP contribution in [0.15, 0.2) is 18.2 Å². The van der Waals surface area contributed by atoms with Crippen LogP contribution in [-0.2, 0) is 16.6 Å². The first-order chi connectivity index (χ1) is 17.0. The van der Waals surface area contributed by atoms with Gasteiger partial charge in [-0.2, -0.15) is 5.10 Å². The lowest BCUT2D eigenvalue weighted by Crippen LogP contribution is -2.49. The van der Waals surface area contributed by atoms with E-state index in [1.807, 2.05) is 11.7 Å². The number of nitrogens with one attached hydrogen (secondary N) is 1. The Morgan fingerprint density at radius 1 is 1.06 bits per heavy atom. The van der Waals surface area contributed by atoms with Crippen molar-refractivity contribution in [2.24, 2.45) is 13.0 Å². The van der Waals surface area contributed by atoms with E-state index in [4.69, 9.17) is 5.10 Å². The van der Waals surface area contributed by atoms with Crippen molar-refractivity contribution >= 4 is 28.4 Å². The Bertz CT molecular complexity index is 1050. The van der Waals surface area contributed by atoms with Crippen molar-refractivity contribution in [2.45, 2.75) is 83.1 Å². The molecule has 7 heteroatoms. The lowest BCUT2D eigenvalue weighted by Gasteiger charge is -2.39. The smallest absolute Gasteiger partial charge is 0.235 e. The lowest BCUT2D eigenvalue weighted by atomic mass is 9.85. The number of carbonyl (C=O) groups excluding carboxylic acids is 2. The van der Waals surface area contributed by atoms with Gasteiger partial charge in [-0.05, 0) is 31.7 Å². The molecule has 5 rings (SSSR count). The predicted octanol–water partition coefficient (Wildman–Crippen LogP) is 4.35. The van der Waals surface area contributed by atoms with Gasteiger partial charge >= 0.3 is 0 Å². The molecule has 3 heterocycles. The molecule has 1 aromatic carbocycles. The summed E-state index contributed by atoms with van der Waals surface area (Å²) < 4.78 is 1.92. The van der Waals surface area contributed by atoms with Crippen molar-refractivity contribution < 1.29 is 9.59 Å². The minimum Gasteiger partial charge on any atom is -0.367 e. The summed E-state index contributed by atoms with van der Waals surface area (Å²) >= 11 is 0. The van der Waals surface area contributed by atoms with E-state index in [0.717, 1.165) is 48.7 Å². The van der Waals surface area contributed by atoms with Crippen LogP contribution in [0.1, 0.15) is 82.7 Å². The maximum absolute atomic E-state index is 12.5. The molecule has 7 nitrogen and oxygen atoms in total. The first kappa shape index (κ1) is 24.3. The summed E-state index contributed by atoms with van der Waals surface area (Å²) in [5.74, 6) is 0.209. The molecule has 1 saturated carbocycles. The number of rotatable bonds is 7. The molecule has 3 aliphatic rings. The van der Waals surface area contributed by atoms with Crippen LogP contribution in [0.3, 0.4) is 0 Å². The van der Waals surface area contributed by atoms with E-state index >= 15 is 0 Å². The van der Waals surface area contributed by atoms with Crippen molar-refractivity contribution in [2.75, 3.05) is 31.1 Å². The predicted molar refractivity (Wildman–Crippen MR) is 140 cm³/mol. The minimum absolute atomic E-state index is 0.187. The van der Waals surface area contributed by atoms with Crippen molar-refractivity contribution in [1.29, 1.82) is 0 Å². The Labute approximate surface area is 209 Å². The zero-order valence-electron chi connectivity index (χ0n) is 21.5. The van der Waals surface area contributed by atoms with Gasteiger partial charge in [0.05, 0.1) is 22.8 Å². The third-order valence-electron chi connectivity index (χ3n) is 8.68. The first-order valence-electron chi connectivity index (χ1n) is 13.8. The van der Waals surface area contributed by atoms with Gasteiger partial charge in [0.1, 0.15) is 0 Å².